The molecule has 2 N–H and O–H groups in total. The summed E-state index contributed by atoms with van der Waals surface area (Å²) < 4.78 is 9.82. The highest BCUT2D eigenvalue weighted by Crippen LogP contribution is 2.32. The van der Waals surface area contributed by atoms with Crippen molar-refractivity contribution in [3.8, 4) is 11.5 Å². The third-order valence-electron chi connectivity index (χ3n) is 2.46. The number of carbonyl (C=O) groups is 2. The quantitative estimate of drug-likeness (QED) is 0.614. The topological polar surface area (TPSA) is 93.1 Å². The largest absolute Gasteiger partial charge is 0.504 e. The molecule has 0 unspecified atom stereocenters. The van der Waals surface area contributed by atoms with E-state index >= 15 is 0 Å². The second-order valence-corrected chi connectivity index (χ2v) is 4.13. The van der Waals surface area contributed by atoms with Gasteiger partial charge in [-0.3, -0.25) is 0 Å². The van der Waals surface area contributed by atoms with Crippen LogP contribution >= 0.6 is 0 Å². The Morgan fingerprint density at radius 2 is 1.55 bits per heavy atom. The molecule has 0 aromatic heterocycles. The number of ether oxygens (including phenoxy) is 2. The predicted molar refractivity (Wildman–Crippen MR) is 70.9 cm³/mol. The Kier molecular flexibility index (Phi) is 5.83. The first-order valence-electron chi connectivity index (χ1n) is 6.42. The van der Waals surface area contributed by atoms with E-state index in [1.807, 2.05) is 13.8 Å². The van der Waals surface area contributed by atoms with Crippen LogP contribution in [0.25, 0.3) is 0 Å². The lowest BCUT2D eigenvalue weighted by Gasteiger charge is -2.11. The summed E-state index contributed by atoms with van der Waals surface area (Å²) in [6.07, 6.45) is 1.23. The van der Waals surface area contributed by atoms with Gasteiger partial charge in [-0.15, -0.1) is 0 Å². The van der Waals surface area contributed by atoms with Gasteiger partial charge < -0.3 is 19.7 Å². The fraction of sp³-hybridized carbons (Fsp3) is 0.429. The number of carbonyl (C=O) groups excluding carboxylic acids is 2. The van der Waals surface area contributed by atoms with Gasteiger partial charge in [0.15, 0.2) is 11.5 Å². The third kappa shape index (κ3) is 3.63. The maximum Gasteiger partial charge on any atom is 0.342 e. The molecule has 6 heteroatoms. The highest BCUT2D eigenvalue weighted by atomic mass is 16.5. The number of rotatable bonds is 6. The van der Waals surface area contributed by atoms with Gasteiger partial charge in [-0.2, -0.15) is 0 Å². The summed E-state index contributed by atoms with van der Waals surface area (Å²) in [7, 11) is 0. The maximum atomic E-state index is 11.9. The lowest BCUT2D eigenvalue weighted by molar-refractivity contribution is 0.0454. The second-order valence-electron chi connectivity index (χ2n) is 4.13. The molecule has 1 aromatic rings. The summed E-state index contributed by atoms with van der Waals surface area (Å²) >= 11 is 0. The summed E-state index contributed by atoms with van der Waals surface area (Å²) in [5.74, 6) is -2.80. The molecule has 0 fully saturated rings. The molecule has 0 aliphatic carbocycles. The first-order chi connectivity index (χ1) is 9.52. The smallest absolute Gasteiger partial charge is 0.342 e. The van der Waals surface area contributed by atoms with E-state index in [9.17, 15) is 19.8 Å². The van der Waals surface area contributed by atoms with E-state index in [0.717, 1.165) is 6.07 Å². The van der Waals surface area contributed by atoms with Crippen molar-refractivity contribution in [2.24, 2.45) is 0 Å². The zero-order valence-electron chi connectivity index (χ0n) is 11.5. The average molecular weight is 282 g/mol. The molecule has 110 valence electrons. The molecule has 1 rings (SSSR count). The van der Waals surface area contributed by atoms with Crippen LogP contribution in [0.5, 0.6) is 11.5 Å². The van der Waals surface area contributed by atoms with Gasteiger partial charge in [0.1, 0.15) is 5.56 Å². The van der Waals surface area contributed by atoms with Gasteiger partial charge in [-0.25, -0.2) is 9.59 Å². The van der Waals surface area contributed by atoms with Crippen LogP contribution in [0, 0.1) is 0 Å². The fourth-order valence-corrected chi connectivity index (χ4v) is 1.50. The molecule has 0 radical (unpaired) electrons. The van der Waals surface area contributed by atoms with Crippen molar-refractivity contribution >= 4 is 11.9 Å². The van der Waals surface area contributed by atoms with Crippen molar-refractivity contribution in [2.75, 3.05) is 13.2 Å². The van der Waals surface area contributed by atoms with E-state index in [4.69, 9.17) is 9.47 Å². The number of hydrogen-bond donors (Lipinski definition) is 2. The maximum absolute atomic E-state index is 11.9. The number of hydrogen-bond acceptors (Lipinski definition) is 6. The van der Waals surface area contributed by atoms with Gasteiger partial charge in [0.05, 0.1) is 18.8 Å². The van der Waals surface area contributed by atoms with E-state index in [-0.39, 0.29) is 24.3 Å². The summed E-state index contributed by atoms with van der Waals surface area (Å²) in [4.78, 5) is 23.7. The molecular weight excluding hydrogens is 264 g/mol. The van der Waals surface area contributed by atoms with Gasteiger partial charge in [0.2, 0.25) is 0 Å². The Morgan fingerprint density at radius 3 is 2.10 bits per heavy atom. The van der Waals surface area contributed by atoms with E-state index in [1.165, 1.54) is 6.07 Å². The minimum Gasteiger partial charge on any atom is -0.504 e. The van der Waals surface area contributed by atoms with Crippen LogP contribution in [0.2, 0.25) is 0 Å². The molecule has 20 heavy (non-hydrogen) atoms. The zero-order valence-corrected chi connectivity index (χ0v) is 11.5. The molecule has 0 amide bonds. The highest BCUT2D eigenvalue weighted by molar-refractivity contribution is 6.05. The monoisotopic (exact) mass is 282 g/mol. The fourth-order valence-electron chi connectivity index (χ4n) is 1.50. The van der Waals surface area contributed by atoms with Crippen molar-refractivity contribution in [2.45, 2.75) is 26.7 Å². The number of phenolic OH excluding ortho intramolecular Hbond substituents is 2. The molecule has 0 atom stereocenters. The minimum absolute atomic E-state index is 0.130. The summed E-state index contributed by atoms with van der Waals surface area (Å²) in [5, 5.41) is 19.2. The Balaban J connectivity index is 3.14. The van der Waals surface area contributed by atoms with Crippen molar-refractivity contribution in [1.82, 2.24) is 0 Å². The lowest BCUT2D eigenvalue weighted by Crippen LogP contribution is -2.15. The van der Waals surface area contributed by atoms with Crippen molar-refractivity contribution in [3.05, 3.63) is 23.3 Å². The van der Waals surface area contributed by atoms with Gasteiger partial charge in [-0.1, -0.05) is 13.8 Å². The molecule has 0 spiro atoms. The van der Waals surface area contributed by atoms with Crippen LogP contribution in [0.3, 0.4) is 0 Å². The zero-order chi connectivity index (χ0) is 15.1. The summed E-state index contributed by atoms with van der Waals surface area (Å²) in [5.41, 5.74) is -0.505. The second kappa shape index (κ2) is 7.37. The predicted octanol–water partition coefficient (Wildman–Crippen LogP) is 2.23. The van der Waals surface area contributed by atoms with Crippen molar-refractivity contribution < 1.29 is 29.3 Å². The van der Waals surface area contributed by atoms with Crippen LogP contribution in [-0.4, -0.2) is 35.4 Å². The lowest BCUT2D eigenvalue weighted by atomic mass is 10.1. The number of benzene rings is 1. The van der Waals surface area contributed by atoms with Crippen LogP contribution in [0.4, 0.5) is 0 Å². The molecule has 0 saturated carbocycles. The Labute approximate surface area is 116 Å². The van der Waals surface area contributed by atoms with Crippen molar-refractivity contribution in [3.63, 3.8) is 0 Å². The van der Waals surface area contributed by atoms with Crippen LogP contribution < -0.4 is 0 Å². The molecule has 6 nitrogen and oxygen atoms in total. The van der Waals surface area contributed by atoms with Crippen LogP contribution in [0.15, 0.2) is 12.1 Å². The number of aromatic hydroxyl groups is 2. The standard InChI is InChI=1S/C14H18O6/c1-3-7-19-13(17)9-5-6-10(15)12(16)11(9)14(18)20-8-4-2/h5-6,15-16H,3-4,7-8H2,1-2H3. The first-order valence-corrected chi connectivity index (χ1v) is 6.42. The molecule has 1 aromatic carbocycles. The summed E-state index contributed by atoms with van der Waals surface area (Å²) in [6, 6.07) is 2.34. The molecule has 0 aliphatic rings. The van der Waals surface area contributed by atoms with Gasteiger partial charge in [-0.05, 0) is 25.0 Å². The molecule has 0 aliphatic heterocycles. The highest BCUT2D eigenvalue weighted by Gasteiger charge is 2.25. The van der Waals surface area contributed by atoms with Gasteiger partial charge in [0.25, 0.3) is 0 Å². The molecule has 0 heterocycles. The SMILES string of the molecule is CCCOC(=O)c1ccc(O)c(O)c1C(=O)OCCC. The molecule has 0 saturated heterocycles. The van der Waals surface area contributed by atoms with E-state index in [0.29, 0.717) is 12.8 Å². The summed E-state index contributed by atoms with van der Waals surface area (Å²) in [6.45, 7) is 3.99. The number of esters is 2. The van der Waals surface area contributed by atoms with E-state index in [1.54, 1.807) is 0 Å². The third-order valence-corrected chi connectivity index (χ3v) is 2.46. The van der Waals surface area contributed by atoms with E-state index in [2.05, 4.69) is 0 Å². The normalized spacial score (nSPS) is 10.1. The Hall–Kier alpha value is -2.24. The van der Waals surface area contributed by atoms with Gasteiger partial charge >= 0.3 is 11.9 Å². The van der Waals surface area contributed by atoms with Gasteiger partial charge in [0, 0.05) is 0 Å². The van der Waals surface area contributed by atoms with E-state index < -0.39 is 23.4 Å². The Bertz CT molecular complexity index is 495. The average Bonchev–Trinajstić information content (AvgIpc) is 2.44. The Morgan fingerprint density at radius 1 is 1.00 bits per heavy atom. The first kappa shape index (κ1) is 15.8. The van der Waals surface area contributed by atoms with Crippen LogP contribution in [-0.2, 0) is 9.47 Å². The number of phenols is 2. The molecule has 0 bridgehead atoms. The van der Waals surface area contributed by atoms with Crippen molar-refractivity contribution in [1.29, 1.82) is 0 Å². The van der Waals surface area contributed by atoms with Crippen LogP contribution in [0.1, 0.15) is 47.4 Å². The molecular formula is C14H18O6. The minimum atomic E-state index is -0.872.